The molecule has 1 aliphatic heterocycles. The number of hydrogen-bond acceptors (Lipinski definition) is 5. The fourth-order valence-electron chi connectivity index (χ4n) is 2.55. The van der Waals surface area contributed by atoms with Gasteiger partial charge in [0.2, 0.25) is 0 Å². The van der Waals surface area contributed by atoms with Crippen LogP contribution in [0.3, 0.4) is 0 Å². The van der Waals surface area contributed by atoms with Gasteiger partial charge in [0.25, 0.3) is 5.69 Å². The lowest BCUT2D eigenvalue weighted by atomic mass is 10.0. The van der Waals surface area contributed by atoms with Crippen molar-refractivity contribution < 1.29 is 18.4 Å². The number of nitro benzene ring substituents is 1. The molecule has 0 radical (unpaired) electrons. The Hall–Kier alpha value is -1.96. The van der Waals surface area contributed by atoms with Crippen molar-refractivity contribution in [1.29, 1.82) is 0 Å². The molecule has 0 amide bonds. The number of piperidine rings is 1. The third kappa shape index (κ3) is 4.27. The second-order valence-electron chi connectivity index (χ2n) is 5.17. The van der Waals surface area contributed by atoms with E-state index in [4.69, 9.17) is 0 Å². The number of alkyl halides is 2. The molecule has 1 fully saturated rings. The quantitative estimate of drug-likeness (QED) is 0.645. The van der Waals surface area contributed by atoms with Crippen molar-refractivity contribution in [1.82, 2.24) is 4.90 Å². The largest absolute Gasteiger partial charge is 0.432 e. The van der Waals surface area contributed by atoms with E-state index >= 15 is 0 Å². The van der Waals surface area contributed by atoms with E-state index in [1.807, 2.05) is 0 Å². The van der Waals surface area contributed by atoms with Gasteiger partial charge in [-0.05, 0) is 25.5 Å². The first-order valence-electron chi connectivity index (χ1n) is 7.21. The number of ether oxygens (including phenoxy) is 1. The van der Waals surface area contributed by atoms with Crippen LogP contribution in [0.5, 0.6) is 5.75 Å². The number of anilines is 1. The minimum atomic E-state index is -3.02. The number of likely N-dealkylation sites (tertiary alicyclic amines) is 1. The van der Waals surface area contributed by atoms with Crippen molar-refractivity contribution in [2.45, 2.75) is 32.4 Å². The fraction of sp³-hybridized carbons (Fsp3) is 0.571. The lowest BCUT2D eigenvalue weighted by Crippen LogP contribution is -2.38. The normalized spacial score (nSPS) is 16.7. The summed E-state index contributed by atoms with van der Waals surface area (Å²) in [5.74, 6) is -0.192. The summed E-state index contributed by atoms with van der Waals surface area (Å²) in [6.07, 6.45) is 1.78. The molecule has 0 bridgehead atoms. The monoisotopic (exact) mass is 315 g/mol. The highest BCUT2D eigenvalue weighted by Gasteiger charge is 2.21. The van der Waals surface area contributed by atoms with Gasteiger partial charge in [-0.15, -0.1) is 0 Å². The molecule has 6 nitrogen and oxygen atoms in total. The lowest BCUT2D eigenvalue weighted by molar-refractivity contribution is -0.385. The van der Waals surface area contributed by atoms with Crippen LogP contribution in [0.4, 0.5) is 20.2 Å². The van der Waals surface area contributed by atoms with Crippen LogP contribution in [0.15, 0.2) is 18.2 Å². The minimum absolute atomic E-state index is 0.143. The molecule has 2 rings (SSSR count). The summed E-state index contributed by atoms with van der Waals surface area (Å²) in [6, 6.07) is 3.86. The first kappa shape index (κ1) is 16.4. The maximum atomic E-state index is 12.5. The van der Waals surface area contributed by atoms with Gasteiger partial charge in [0.15, 0.2) is 5.75 Å². The summed E-state index contributed by atoms with van der Waals surface area (Å²) in [6.45, 7) is 1.94. The van der Waals surface area contributed by atoms with Gasteiger partial charge in [-0.2, -0.15) is 8.78 Å². The second-order valence-corrected chi connectivity index (χ2v) is 5.17. The molecule has 1 aromatic rings. The van der Waals surface area contributed by atoms with Crippen LogP contribution < -0.4 is 10.1 Å². The molecule has 1 heterocycles. The number of hydrogen-bond donors (Lipinski definition) is 1. The summed E-state index contributed by atoms with van der Waals surface area (Å²) in [5.41, 5.74) is 0.0860. The smallest absolute Gasteiger partial charge is 0.387 e. The van der Waals surface area contributed by atoms with Gasteiger partial charge in [-0.25, -0.2) is 0 Å². The third-order valence-electron chi connectivity index (χ3n) is 3.79. The molecule has 122 valence electrons. The molecule has 1 aromatic carbocycles. The summed E-state index contributed by atoms with van der Waals surface area (Å²) < 4.78 is 29.4. The molecule has 1 N–H and O–H groups in total. The van der Waals surface area contributed by atoms with E-state index in [9.17, 15) is 18.9 Å². The van der Waals surface area contributed by atoms with Crippen LogP contribution in [0, 0.1) is 10.1 Å². The van der Waals surface area contributed by atoms with Gasteiger partial charge >= 0.3 is 6.61 Å². The molecule has 1 saturated heterocycles. The number of halogens is 2. The third-order valence-corrected chi connectivity index (χ3v) is 3.79. The Kier molecular flexibility index (Phi) is 5.48. The molecule has 0 aliphatic carbocycles. The molecule has 22 heavy (non-hydrogen) atoms. The van der Waals surface area contributed by atoms with Crippen molar-refractivity contribution in [3.05, 3.63) is 28.3 Å². The molecule has 0 unspecified atom stereocenters. The minimum Gasteiger partial charge on any atom is -0.432 e. The predicted octanol–water partition coefficient (Wildman–Crippen LogP) is 3.09. The van der Waals surface area contributed by atoms with Gasteiger partial charge < -0.3 is 15.0 Å². The zero-order valence-electron chi connectivity index (χ0n) is 12.3. The highest BCUT2D eigenvalue weighted by Crippen LogP contribution is 2.32. The van der Waals surface area contributed by atoms with E-state index in [-0.39, 0.29) is 17.5 Å². The van der Waals surface area contributed by atoms with E-state index in [2.05, 4.69) is 21.9 Å². The van der Waals surface area contributed by atoms with Crippen molar-refractivity contribution in [3.8, 4) is 5.75 Å². The summed E-state index contributed by atoms with van der Waals surface area (Å²) >= 11 is 0. The number of nitro groups is 1. The number of nitrogens with one attached hydrogen (secondary N) is 1. The number of benzene rings is 1. The molecule has 0 spiro atoms. The standard InChI is InChI=1S/C14H19F2N3O3/c1-2-18-7-5-10(6-8-18)17-12-4-3-11(19(20)21)9-13(12)22-14(15)16/h3-4,9-10,14,17H,2,5-8H2,1H3. The zero-order valence-corrected chi connectivity index (χ0v) is 12.3. The first-order chi connectivity index (χ1) is 10.5. The van der Waals surface area contributed by atoms with Crippen molar-refractivity contribution in [3.63, 3.8) is 0 Å². The van der Waals surface area contributed by atoms with Crippen LogP contribution in [-0.4, -0.2) is 42.1 Å². The van der Waals surface area contributed by atoms with Crippen LogP contribution in [0.1, 0.15) is 19.8 Å². The van der Waals surface area contributed by atoms with Crippen LogP contribution in [-0.2, 0) is 0 Å². The lowest BCUT2D eigenvalue weighted by Gasteiger charge is -2.32. The van der Waals surface area contributed by atoms with Crippen LogP contribution in [0.25, 0.3) is 0 Å². The topological polar surface area (TPSA) is 67.6 Å². The van der Waals surface area contributed by atoms with Crippen LogP contribution in [0.2, 0.25) is 0 Å². The maximum Gasteiger partial charge on any atom is 0.387 e. The maximum absolute atomic E-state index is 12.5. The first-order valence-corrected chi connectivity index (χ1v) is 7.21. The van der Waals surface area contributed by atoms with E-state index in [1.165, 1.54) is 12.1 Å². The van der Waals surface area contributed by atoms with Gasteiger partial charge in [0.1, 0.15) is 0 Å². The molecule has 0 saturated carbocycles. The molecule has 0 atom stereocenters. The van der Waals surface area contributed by atoms with Crippen LogP contribution >= 0.6 is 0 Å². The Morgan fingerprint density at radius 2 is 2.14 bits per heavy atom. The fourth-order valence-corrected chi connectivity index (χ4v) is 2.55. The average Bonchev–Trinajstić information content (AvgIpc) is 2.49. The average molecular weight is 315 g/mol. The number of rotatable bonds is 6. The second kappa shape index (κ2) is 7.35. The van der Waals surface area contributed by atoms with Crippen molar-refractivity contribution >= 4 is 11.4 Å². The molecule has 8 heteroatoms. The summed E-state index contributed by atoms with van der Waals surface area (Å²) in [5, 5.41) is 13.9. The molecule has 0 aromatic heterocycles. The van der Waals surface area contributed by atoms with E-state index in [0.717, 1.165) is 38.5 Å². The Balaban J connectivity index is 2.10. The summed E-state index contributed by atoms with van der Waals surface area (Å²) in [7, 11) is 0. The highest BCUT2D eigenvalue weighted by atomic mass is 19.3. The molecule has 1 aliphatic rings. The Morgan fingerprint density at radius 1 is 1.45 bits per heavy atom. The van der Waals surface area contributed by atoms with Crippen molar-refractivity contribution in [2.24, 2.45) is 0 Å². The number of non-ortho nitro benzene ring substituents is 1. The van der Waals surface area contributed by atoms with Crippen molar-refractivity contribution in [2.75, 3.05) is 25.0 Å². The Bertz CT molecular complexity index is 520. The Labute approximate surface area is 127 Å². The van der Waals surface area contributed by atoms with Gasteiger partial charge in [-0.1, -0.05) is 6.92 Å². The highest BCUT2D eigenvalue weighted by molar-refractivity contribution is 5.61. The van der Waals surface area contributed by atoms with Gasteiger partial charge in [0.05, 0.1) is 16.7 Å². The van der Waals surface area contributed by atoms with E-state index in [1.54, 1.807) is 0 Å². The Morgan fingerprint density at radius 3 is 2.68 bits per heavy atom. The molecular weight excluding hydrogens is 296 g/mol. The summed E-state index contributed by atoms with van der Waals surface area (Å²) in [4.78, 5) is 12.4. The number of nitrogens with zero attached hydrogens (tertiary/aromatic N) is 2. The van der Waals surface area contributed by atoms with Gasteiger partial charge in [-0.3, -0.25) is 10.1 Å². The van der Waals surface area contributed by atoms with E-state index in [0.29, 0.717) is 5.69 Å². The predicted molar refractivity (Wildman–Crippen MR) is 78.5 cm³/mol. The SMILES string of the molecule is CCN1CCC(Nc2ccc([N+](=O)[O-])cc2OC(F)F)CC1. The zero-order chi connectivity index (χ0) is 16.1. The van der Waals surface area contributed by atoms with Gasteiger partial charge in [0, 0.05) is 25.2 Å². The molecular formula is C14H19F2N3O3. The van der Waals surface area contributed by atoms with E-state index < -0.39 is 11.5 Å².